The summed E-state index contributed by atoms with van der Waals surface area (Å²) in [6.07, 6.45) is 4.08. The van der Waals surface area contributed by atoms with Crippen molar-refractivity contribution in [1.29, 1.82) is 0 Å². The fourth-order valence-electron chi connectivity index (χ4n) is 3.85. The SMILES string of the molecule is O=C(COc1ccc2ccccc2c1)Nc1cccc(-c2cnc3n2CCC3)c1. The maximum atomic E-state index is 12.4. The number of hydrogen-bond acceptors (Lipinski definition) is 3. The summed E-state index contributed by atoms with van der Waals surface area (Å²) in [6.45, 7) is 0.964. The lowest BCUT2D eigenvalue weighted by Crippen LogP contribution is -2.20. The number of anilines is 1. The van der Waals surface area contributed by atoms with Crippen molar-refractivity contribution in [3.8, 4) is 17.0 Å². The van der Waals surface area contributed by atoms with Crippen LogP contribution in [0.3, 0.4) is 0 Å². The Labute approximate surface area is 169 Å². The van der Waals surface area contributed by atoms with E-state index in [1.54, 1.807) is 0 Å². The van der Waals surface area contributed by atoms with Crippen LogP contribution in [-0.4, -0.2) is 22.1 Å². The molecule has 1 aromatic heterocycles. The average Bonchev–Trinajstić information content (AvgIpc) is 3.36. The summed E-state index contributed by atoms with van der Waals surface area (Å²) >= 11 is 0. The van der Waals surface area contributed by atoms with E-state index in [0.717, 1.165) is 52.9 Å². The van der Waals surface area contributed by atoms with Crippen molar-refractivity contribution in [2.45, 2.75) is 19.4 Å². The van der Waals surface area contributed by atoms with Crippen LogP contribution in [0.4, 0.5) is 5.69 Å². The number of carbonyl (C=O) groups excluding carboxylic acids is 1. The van der Waals surface area contributed by atoms with E-state index in [1.807, 2.05) is 66.9 Å². The normalized spacial score (nSPS) is 12.7. The number of rotatable bonds is 5. The molecule has 1 aliphatic heterocycles. The lowest BCUT2D eigenvalue weighted by Gasteiger charge is -2.10. The summed E-state index contributed by atoms with van der Waals surface area (Å²) in [7, 11) is 0. The monoisotopic (exact) mass is 383 g/mol. The maximum absolute atomic E-state index is 12.4. The quantitative estimate of drug-likeness (QED) is 0.545. The molecular weight excluding hydrogens is 362 g/mol. The highest BCUT2D eigenvalue weighted by Gasteiger charge is 2.16. The van der Waals surface area contributed by atoms with Gasteiger partial charge in [-0.2, -0.15) is 0 Å². The average molecular weight is 383 g/mol. The molecule has 1 aliphatic rings. The summed E-state index contributed by atoms with van der Waals surface area (Å²) in [5, 5.41) is 5.16. The molecule has 5 rings (SSSR count). The molecule has 0 radical (unpaired) electrons. The van der Waals surface area contributed by atoms with Gasteiger partial charge in [0.2, 0.25) is 0 Å². The second-order valence-electron chi connectivity index (χ2n) is 7.24. The second-order valence-corrected chi connectivity index (χ2v) is 7.24. The molecule has 0 saturated carbocycles. The predicted octanol–water partition coefficient (Wildman–Crippen LogP) is 4.67. The molecule has 2 heterocycles. The predicted molar refractivity (Wildman–Crippen MR) is 114 cm³/mol. The highest BCUT2D eigenvalue weighted by atomic mass is 16.5. The van der Waals surface area contributed by atoms with Gasteiger partial charge in [0, 0.05) is 24.2 Å². The van der Waals surface area contributed by atoms with Crippen molar-refractivity contribution in [2.24, 2.45) is 0 Å². The summed E-state index contributed by atoms with van der Waals surface area (Å²) in [4.78, 5) is 16.9. The first-order valence-electron chi connectivity index (χ1n) is 9.82. The Bertz CT molecular complexity index is 1200. The molecule has 0 unspecified atom stereocenters. The smallest absolute Gasteiger partial charge is 0.262 e. The van der Waals surface area contributed by atoms with Gasteiger partial charge in [0.25, 0.3) is 5.91 Å². The number of aromatic nitrogens is 2. The largest absolute Gasteiger partial charge is 0.484 e. The molecule has 0 spiro atoms. The molecule has 0 atom stereocenters. The molecule has 5 nitrogen and oxygen atoms in total. The van der Waals surface area contributed by atoms with E-state index in [0.29, 0.717) is 5.75 Å². The number of carbonyl (C=O) groups is 1. The highest BCUT2D eigenvalue weighted by molar-refractivity contribution is 5.92. The number of ether oxygens (including phenoxy) is 1. The number of amides is 1. The molecule has 1 amide bonds. The van der Waals surface area contributed by atoms with Crippen LogP contribution in [0.25, 0.3) is 22.0 Å². The lowest BCUT2D eigenvalue weighted by molar-refractivity contribution is -0.118. The highest BCUT2D eigenvalue weighted by Crippen LogP contribution is 2.27. The zero-order valence-corrected chi connectivity index (χ0v) is 16.0. The molecule has 0 bridgehead atoms. The fraction of sp³-hybridized carbons (Fsp3) is 0.167. The molecule has 29 heavy (non-hydrogen) atoms. The van der Waals surface area contributed by atoms with Crippen LogP contribution in [0.1, 0.15) is 12.2 Å². The van der Waals surface area contributed by atoms with Crippen molar-refractivity contribution >= 4 is 22.4 Å². The van der Waals surface area contributed by atoms with Gasteiger partial charge in [-0.15, -0.1) is 0 Å². The van der Waals surface area contributed by atoms with Crippen molar-refractivity contribution in [3.05, 3.63) is 78.8 Å². The minimum absolute atomic E-state index is 0.0371. The third kappa shape index (κ3) is 3.59. The Hall–Kier alpha value is -3.60. The van der Waals surface area contributed by atoms with Crippen molar-refractivity contribution in [2.75, 3.05) is 11.9 Å². The van der Waals surface area contributed by atoms with Gasteiger partial charge in [-0.25, -0.2) is 4.98 Å². The second kappa shape index (κ2) is 7.43. The third-order valence-electron chi connectivity index (χ3n) is 5.25. The zero-order valence-electron chi connectivity index (χ0n) is 16.0. The first-order chi connectivity index (χ1) is 14.3. The summed E-state index contributed by atoms with van der Waals surface area (Å²) in [6, 6.07) is 21.8. The zero-order chi connectivity index (χ0) is 19.6. The van der Waals surface area contributed by atoms with Crippen molar-refractivity contribution in [3.63, 3.8) is 0 Å². The van der Waals surface area contributed by atoms with Gasteiger partial charge in [-0.3, -0.25) is 4.79 Å². The van der Waals surface area contributed by atoms with Crippen LogP contribution >= 0.6 is 0 Å². The number of imidazole rings is 1. The van der Waals surface area contributed by atoms with E-state index < -0.39 is 0 Å². The molecule has 4 aromatic rings. The van der Waals surface area contributed by atoms with E-state index >= 15 is 0 Å². The Morgan fingerprint density at radius 2 is 1.93 bits per heavy atom. The van der Waals surface area contributed by atoms with Gasteiger partial charge in [0.1, 0.15) is 11.6 Å². The summed E-state index contributed by atoms with van der Waals surface area (Å²) in [5.41, 5.74) is 2.91. The molecule has 1 N–H and O–H groups in total. The van der Waals surface area contributed by atoms with Crippen LogP contribution in [0.15, 0.2) is 72.9 Å². The molecule has 0 aliphatic carbocycles. The topological polar surface area (TPSA) is 56.1 Å². The minimum atomic E-state index is -0.186. The van der Waals surface area contributed by atoms with E-state index in [4.69, 9.17) is 4.74 Å². The Balaban J connectivity index is 1.26. The molecule has 3 aromatic carbocycles. The number of aryl methyl sites for hydroxylation is 1. The van der Waals surface area contributed by atoms with Crippen LogP contribution < -0.4 is 10.1 Å². The Morgan fingerprint density at radius 1 is 1.03 bits per heavy atom. The van der Waals surface area contributed by atoms with Gasteiger partial charge in [0.05, 0.1) is 11.9 Å². The van der Waals surface area contributed by atoms with Crippen LogP contribution in [0, 0.1) is 0 Å². The number of hydrogen-bond donors (Lipinski definition) is 1. The van der Waals surface area contributed by atoms with Crippen LogP contribution in [-0.2, 0) is 17.8 Å². The third-order valence-corrected chi connectivity index (χ3v) is 5.25. The van der Waals surface area contributed by atoms with E-state index in [-0.39, 0.29) is 12.5 Å². The number of benzene rings is 3. The summed E-state index contributed by atoms with van der Waals surface area (Å²) < 4.78 is 7.94. The fourth-order valence-corrected chi connectivity index (χ4v) is 3.85. The Kier molecular flexibility index (Phi) is 4.48. The van der Waals surface area contributed by atoms with Gasteiger partial charge in [0.15, 0.2) is 6.61 Å². The van der Waals surface area contributed by atoms with Gasteiger partial charge in [-0.1, -0.05) is 42.5 Å². The number of nitrogens with zero attached hydrogens (tertiary/aromatic N) is 2. The van der Waals surface area contributed by atoms with Crippen molar-refractivity contribution < 1.29 is 9.53 Å². The summed E-state index contributed by atoms with van der Waals surface area (Å²) in [5.74, 6) is 1.63. The Morgan fingerprint density at radius 3 is 2.86 bits per heavy atom. The standard InChI is InChI=1S/C24H21N3O2/c28-24(16-29-21-11-10-17-5-1-2-6-18(17)14-21)26-20-8-3-7-19(13-20)22-15-25-23-9-4-12-27(22)23/h1-3,5-8,10-11,13-15H,4,9,12,16H2,(H,26,28). The van der Waals surface area contributed by atoms with E-state index in [1.165, 1.54) is 0 Å². The molecule has 0 fully saturated rings. The first kappa shape index (κ1) is 17.5. The van der Waals surface area contributed by atoms with Crippen molar-refractivity contribution in [1.82, 2.24) is 9.55 Å². The maximum Gasteiger partial charge on any atom is 0.262 e. The van der Waals surface area contributed by atoms with Gasteiger partial charge < -0.3 is 14.6 Å². The molecule has 144 valence electrons. The number of nitrogens with one attached hydrogen (secondary N) is 1. The number of fused-ring (bicyclic) bond motifs is 2. The first-order valence-corrected chi connectivity index (χ1v) is 9.82. The van der Waals surface area contributed by atoms with Gasteiger partial charge >= 0.3 is 0 Å². The molecule has 0 saturated heterocycles. The molecule has 5 heteroatoms. The minimum Gasteiger partial charge on any atom is -0.484 e. The lowest BCUT2D eigenvalue weighted by atomic mass is 10.1. The van der Waals surface area contributed by atoms with E-state index in [2.05, 4.69) is 20.9 Å². The van der Waals surface area contributed by atoms with E-state index in [9.17, 15) is 4.79 Å². The van der Waals surface area contributed by atoms with Crippen LogP contribution in [0.2, 0.25) is 0 Å². The molecular formula is C24H21N3O2. The van der Waals surface area contributed by atoms with Crippen LogP contribution in [0.5, 0.6) is 5.75 Å². The van der Waals surface area contributed by atoms with Gasteiger partial charge in [-0.05, 0) is 41.5 Å².